The van der Waals surface area contributed by atoms with E-state index < -0.39 is 5.97 Å². The summed E-state index contributed by atoms with van der Waals surface area (Å²) in [6, 6.07) is 9.62. The minimum atomic E-state index is -0.937. The quantitative estimate of drug-likeness (QED) is 0.290. The van der Waals surface area contributed by atoms with Gasteiger partial charge in [0.05, 0.1) is 17.5 Å². The van der Waals surface area contributed by atoms with Crippen molar-refractivity contribution in [3.63, 3.8) is 0 Å². The molecule has 3 unspecified atom stereocenters. The molecule has 222 valence electrons. The normalized spacial score (nSPS) is 32.1. The summed E-state index contributed by atoms with van der Waals surface area (Å²) < 4.78 is 1.98. The molecule has 3 heterocycles. The number of rotatable bonds is 9. The average Bonchev–Trinajstić information content (AvgIpc) is 2.96. The van der Waals surface area contributed by atoms with Crippen LogP contribution in [-0.2, 0) is 9.63 Å². The minimum absolute atomic E-state index is 0.0843. The summed E-state index contributed by atoms with van der Waals surface area (Å²) in [7, 11) is 0. The fourth-order valence-corrected chi connectivity index (χ4v) is 9.01. The molecular weight excluding hydrogens is 516 g/mol. The van der Waals surface area contributed by atoms with Gasteiger partial charge < -0.3 is 14.5 Å². The number of para-hydroxylation sites is 2. The highest BCUT2D eigenvalue weighted by Gasteiger charge is 2.46. The number of aromatic nitrogens is 2. The molecule has 2 saturated carbocycles. The van der Waals surface area contributed by atoms with Gasteiger partial charge in [0.25, 0.3) is 5.56 Å². The van der Waals surface area contributed by atoms with Crippen molar-refractivity contribution in [2.24, 2.45) is 22.9 Å². The van der Waals surface area contributed by atoms with E-state index in [1.54, 1.807) is 0 Å². The van der Waals surface area contributed by atoms with Crippen molar-refractivity contribution in [3.05, 3.63) is 40.3 Å². The zero-order chi connectivity index (χ0) is 28.5. The lowest BCUT2D eigenvalue weighted by Crippen LogP contribution is -2.59. The predicted molar refractivity (Wildman–Crippen MR) is 160 cm³/mol. The summed E-state index contributed by atoms with van der Waals surface area (Å²) in [5.41, 5.74) is 1.94. The highest BCUT2D eigenvalue weighted by atomic mass is 16.6. The molecule has 1 N–H and O–H groups in total. The first-order valence-electron chi connectivity index (χ1n) is 16.1. The Morgan fingerprint density at radius 2 is 1.66 bits per heavy atom. The molecule has 41 heavy (non-hydrogen) atoms. The third kappa shape index (κ3) is 5.81. The number of carboxylic acids is 1. The number of benzene rings is 1. The summed E-state index contributed by atoms with van der Waals surface area (Å²) >= 11 is 0. The van der Waals surface area contributed by atoms with E-state index in [0.29, 0.717) is 30.4 Å². The van der Waals surface area contributed by atoms with E-state index >= 15 is 0 Å². The third-order valence-electron chi connectivity index (χ3n) is 10.5. The number of hydrogen-bond donors (Lipinski definition) is 1. The SMILES string of the molecule is CCON=C(CCC(=O)O)c1nc2ccccc2n(C2C[C@H]3CCC[C@@H](C2)N3C2CC3CC(CC)CC(C3)C2)c1=O. The molecule has 4 fully saturated rings. The molecule has 2 aliphatic heterocycles. The van der Waals surface area contributed by atoms with E-state index in [1.165, 1.54) is 57.8 Å². The largest absolute Gasteiger partial charge is 0.481 e. The Hall–Kier alpha value is -2.74. The molecule has 0 amide bonds. The second-order valence-electron chi connectivity index (χ2n) is 13.1. The van der Waals surface area contributed by atoms with Crippen LogP contribution in [0.2, 0.25) is 0 Å². The fourth-order valence-electron chi connectivity index (χ4n) is 9.01. The molecule has 2 aromatic rings. The maximum absolute atomic E-state index is 14.2. The van der Waals surface area contributed by atoms with Crippen molar-refractivity contribution >= 4 is 22.7 Å². The van der Waals surface area contributed by atoms with Gasteiger partial charge in [-0.15, -0.1) is 0 Å². The van der Waals surface area contributed by atoms with Gasteiger partial charge in [-0.2, -0.15) is 0 Å². The Balaban J connectivity index is 1.32. The predicted octanol–water partition coefficient (Wildman–Crippen LogP) is 6.16. The average molecular weight is 563 g/mol. The van der Waals surface area contributed by atoms with Crippen LogP contribution in [0, 0.1) is 17.8 Å². The molecule has 8 heteroatoms. The van der Waals surface area contributed by atoms with Gasteiger partial charge in [-0.05, 0) is 94.6 Å². The highest BCUT2D eigenvalue weighted by Crippen LogP contribution is 2.49. The number of carbonyl (C=O) groups is 1. The van der Waals surface area contributed by atoms with Gasteiger partial charge in [0.1, 0.15) is 12.3 Å². The molecule has 2 aliphatic carbocycles. The van der Waals surface area contributed by atoms with Gasteiger partial charge in [-0.1, -0.05) is 37.1 Å². The summed E-state index contributed by atoms with van der Waals surface area (Å²) in [4.78, 5) is 38.6. The fraction of sp³-hybridized carbons (Fsp3) is 0.697. The molecule has 4 bridgehead atoms. The third-order valence-corrected chi connectivity index (χ3v) is 10.5. The first kappa shape index (κ1) is 28.4. The first-order valence-corrected chi connectivity index (χ1v) is 16.1. The van der Waals surface area contributed by atoms with Crippen LogP contribution in [-0.4, -0.2) is 56.0 Å². The number of nitrogens with zero attached hydrogens (tertiary/aromatic N) is 4. The summed E-state index contributed by atoms with van der Waals surface area (Å²) in [6.07, 6.45) is 13.9. The molecule has 1 aromatic carbocycles. The number of aliphatic carboxylic acids is 1. The van der Waals surface area contributed by atoms with Crippen LogP contribution in [0.3, 0.4) is 0 Å². The number of oxime groups is 1. The van der Waals surface area contributed by atoms with Crippen LogP contribution in [0.25, 0.3) is 11.0 Å². The van der Waals surface area contributed by atoms with Gasteiger partial charge in [0, 0.05) is 30.6 Å². The van der Waals surface area contributed by atoms with Crippen LogP contribution in [0.4, 0.5) is 0 Å². The zero-order valence-corrected chi connectivity index (χ0v) is 24.7. The topological polar surface area (TPSA) is 97.0 Å². The number of hydrogen-bond acceptors (Lipinski definition) is 6. The Labute approximate surface area is 243 Å². The van der Waals surface area contributed by atoms with E-state index in [1.807, 2.05) is 35.8 Å². The van der Waals surface area contributed by atoms with Gasteiger partial charge in [0.15, 0.2) is 5.69 Å². The lowest BCUT2D eigenvalue weighted by molar-refractivity contribution is -0.136. The zero-order valence-electron chi connectivity index (χ0n) is 24.7. The van der Waals surface area contributed by atoms with Crippen molar-refractivity contribution in [2.75, 3.05) is 6.61 Å². The van der Waals surface area contributed by atoms with E-state index in [4.69, 9.17) is 9.82 Å². The van der Waals surface area contributed by atoms with Crippen LogP contribution < -0.4 is 5.56 Å². The first-order chi connectivity index (χ1) is 19.9. The molecule has 8 nitrogen and oxygen atoms in total. The molecule has 1 aromatic heterocycles. The Bertz CT molecular complexity index is 1310. The van der Waals surface area contributed by atoms with Crippen molar-refractivity contribution < 1.29 is 14.7 Å². The van der Waals surface area contributed by atoms with E-state index in [9.17, 15) is 14.7 Å². The number of piperidine rings is 2. The smallest absolute Gasteiger partial charge is 0.303 e. The molecule has 0 radical (unpaired) electrons. The molecule has 2 saturated heterocycles. The molecule has 5 atom stereocenters. The van der Waals surface area contributed by atoms with Crippen LogP contribution in [0.1, 0.15) is 109 Å². The molecule has 4 aliphatic rings. The monoisotopic (exact) mass is 562 g/mol. The lowest BCUT2D eigenvalue weighted by Gasteiger charge is -2.56. The van der Waals surface area contributed by atoms with Crippen LogP contribution in [0.5, 0.6) is 0 Å². The molecule has 0 spiro atoms. The lowest BCUT2D eigenvalue weighted by atomic mass is 9.64. The van der Waals surface area contributed by atoms with Crippen molar-refractivity contribution in [1.82, 2.24) is 14.5 Å². The summed E-state index contributed by atoms with van der Waals surface area (Å²) in [5.74, 6) is 1.77. The van der Waals surface area contributed by atoms with Gasteiger partial charge in [-0.3, -0.25) is 14.5 Å². The maximum atomic E-state index is 14.2. The van der Waals surface area contributed by atoms with Crippen molar-refractivity contribution in [2.45, 2.75) is 121 Å². The van der Waals surface area contributed by atoms with E-state index in [2.05, 4.69) is 17.0 Å². The van der Waals surface area contributed by atoms with Gasteiger partial charge in [0.2, 0.25) is 0 Å². The van der Waals surface area contributed by atoms with E-state index in [0.717, 1.165) is 41.6 Å². The van der Waals surface area contributed by atoms with Gasteiger partial charge >= 0.3 is 5.97 Å². The standard InChI is InChI=1S/C33H46N4O4/c1-3-21-14-22-16-23(15-21)18-26(17-22)36-24-8-7-9-25(36)20-27(19-24)37-30-11-6-5-10-28(30)34-32(33(37)40)29(35-41-4-2)12-13-31(38)39/h5-6,10-11,21-27H,3-4,7-9,12-20H2,1-2H3,(H,38,39)/t21?,22?,23?,24-,25+,26?,27?. The van der Waals surface area contributed by atoms with Crippen molar-refractivity contribution in [1.29, 1.82) is 0 Å². The molecule has 6 rings (SSSR count). The van der Waals surface area contributed by atoms with Crippen LogP contribution >= 0.6 is 0 Å². The number of fused-ring (bicyclic) bond motifs is 5. The number of carboxylic acid groups (broad SMARTS) is 1. The van der Waals surface area contributed by atoms with Crippen LogP contribution in [0.15, 0.2) is 34.2 Å². The Kier molecular flexibility index (Phi) is 8.47. The Morgan fingerprint density at radius 1 is 0.951 bits per heavy atom. The highest BCUT2D eigenvalue weighted by molar-refractivity contribution is 6.00. The maximum Gasteiger partial charge on any atom is 0.303 e. The van der Waals surface area contributed by atoms with Gasteiger partial charge in [-0.25, -0.2) is 4.98 Å². The molecular formula is C33H46N4O4. The van der Waals surface area contributed by atoms with Crippen molar-refractivity contribution in [3.8, 4) is 0 Å². The minimum Gasteiger partial charge on any atom is -0.481 e. The Morgan fingerprint density at radius 3 is 2.32 bits per heavy atom. The van der Waals surface area contributed by atoms with E-state index in [-0.39, 0.29) is 30.1 Å². The second kappa shape index (κ2) is 12.2. The summed E-state index contributed by atoms with van der Waals surface area (Å²) in [6.45, 7) is 4.52. The second-order valence-corrected chi connectivity index (χ2v) is 13.1. The summed E-state index contributed by atoms with van der Waals surface area (Å²) in [5, 5.41) is 13.5.